The van der Waals surface area contributed by atoms with Crippen molar-refractivity contribution >= 4 is 34.6 Å². The van der Waals surface area contributed by atoms with Crippen molar-refractivity contribution in [2.75, 3.05) is 13.1 Å². The molecule has 4 rings (SSSR count). The number of ether oxygens (including phenoxy) is 1. The fourth-order valence-electron chi connectivity index (χ4n) is 3.19. The molecule has 1 saturated heterocycles. The Morgan fingerprint density at radius 3 is 2.59 bits per heavy atom. The predicted octanol–water partition coefficient (Wildman–Crippen LogP) is 4.24. The van der Waals surface area contributed by atoms with Gasteiger partial charge in [0.25, 0.3) is 11.6 Å². The van der Waals surface area contributed by atoms with Gasteiger partial charge in [0.1, 0.15) is 12.4 Å². The summed E-state index contributed by atoms with van der Waals surface area (Å²) in [6, 6.07) is 13.7. The quantitative estimate of drug-likeness (QED) is 0.417. The zero-order chi connectivity index (χ0) is 20.2. The molecule has 0 radical (unpaired) electrons. The predicted molar refractivity (Wildman–Crippen MR) is 113 cm³/mol. The number of hydrogen-bond donors (Lipinski definition) is 0. The van der Waals surface area contributed by atoms with Crippen LogP contribution in [0.25, 0.3) is 6.08 Å². The Morgan fingerprint density at radius 2 is 1.86 bits per heavy atom. The molecular weight excluding hydrogens is 390 g/mol. The van der Waals surface area contributed by atoms with Gasteiger partial charge in [0.2, 0.25) is 0 Å². The number of amides is 1. The number of likely N-dealkylation sites (tertiary alicyclic amines) is 1. The Kier molecular flexibility index (Phi) is 5.62. The number of carbonyl (C=O) groups excluding carboxylic acids is 1. The minimum Gasteiger partial charge on any atom is -0.488 e. The molecule has 0 unspecified atom stereocenters. The average Bonchev–Trinajstić information content (AvgIpc) is 3.38. The summed E-state index contributed by atoms with van der Waals surface area (Å²) >= 11 is 1.41. The molecule has 2 aromatic carbocycles. The van der Waals surface area contributed by atoms with Gasteiger partial charge in [-0.3, -0.25) is 14.9 Å². The molecule has 0 N–H and O–H groups in total. The van der Waals surface area contributed by atoms with Crippen LogP contribution in [0.1, 0.15) is 24.0 Å². The number of nitro benzene ring substituents is 1. The van der Waals surface area contributed by atoms with E-state index in [1.54, 1.807) is 12.1 Å². The zero-order valence-electron chi connectivity index (χ0n) is 15.6. The van der Waals surface area contributed by atoms with E-state index < -0.39 is 4.92 Å². The summed E-state index contributed by atoms with van der Waals surface area (Å²) in [7, 11) is 0. The van der Waals surface area contributed by atoms with Crippen molar-refractivity contribution in [3.05, 3.63) is 74.7 Å². The largest absolute Gasteiger partial charge is 0.488 e. The van der Waals surface area contributed by atoms with Crippen LogP contribution in [0.3, 0.4) is 0 Å². The Hall–Kier alpha value is -3.13. The maximum absolute atomic E-state index is 12.3. The van der Waals surface area contributed by atoms with Crippen LogP contribution in [0.5, 0.6) is 5.75 Å². The number of aliphatic imine (C=N–C) groups is 1. The first kappa shape index (κ1) is 19.2. The molecule has 0 atom stereocenters. The summed E-state index contributed by atoms with van der Waals surface area (Å²) in [5, 5.41) is 11.5. The fraction of sp³-hybridized carbons (Fsp3) is 0.238. The molecule has 2 aliphatic rings. The number of nitro groups is 1. The summed E-state index contributed by atoms with van der Waals surface area (Å²) in [4.78, 5) is 29.6. The number of hydrogen-bond acceptors (Lipinski definition) is 6. The molecule has 0 aliphatic carbocycles. The topological polar surface area (TPSA) is 85.0 Å². The van der Waals surface area contributed by atoms with Crippen molar-refractivity contribution in [1.29, 1.82) is 0 Å². The lowest BCUT2D eigenvalue weighted by molar-refractivity contribution is -0.384. The van der Waals surface area contributed by atoms with Crippen LogP contribution in [-0.2, 0) is 11.4 Å². The van der Waals surface area contributed by atoms with E-state index in [0.717, 1.165) is 42.2 Å². The lowest BCUT2D eigenvalue weighted by Crippen LogP contribution is -2.23. The number of benzene rings is 2. The van der Waals surface area contributed by atoms with Gasteiger partial charge in [0.15, 0.2) is 5.17 Å². The van der Waals surface area contributed by atoms with Crippen LogP contribution in [0.4, 0.5) is 5.69 Å². The fourth-order valence-corrected chi connectivity index (χ4v) is 4.14. The SMILES string of the molecule is O=C1N=C(N2CCCC2)S/C1=C\c1ccccc1OCc1ccc([N+](=O)[O-])cc1. The number of amidine groups is 1. The molecule has 29 heavy (non-hydrogen) atoms. The van der Waals surface area contributed by atoms with Crippen molar-refractivity contribution in [2.24, 2.45) is 4.99 Å². The van der Waals surface area contributed by atoms with Crippen LogP contribution >= 0.6 is 11.8 Å². The third-order valence-electron chi connectivity index (χ3n) is 4.73. The van der Waals surface area contributed by atoms with Crippen LogP contribution in [0.15, 0.2) is 58.4 Å². The molecule has 0 spiro atoms. The van der Waals surface area contributed by atoms with Crippen molar-refractivity contribution in [1.82, 2.24) is 4.90 Å². The van der Waals surface area contributed by atoms with E-state index in [9.17, 15) is 14.9 Å². The van der Waals surface area contributed by atoms with Gasteiger partial charge in [-0.05, 0) is 54.4 Å². The van der Waals surface area contributed by atoms with Crippen LogP contribution < -0.4 is 4.74 Å². The number of carbonyl (C=O) groups is 1. The average molecular weight is 409 g/mol. The number of non-ortho nitro benzene ring substituents is 1. The van der Waals surface area contributed by atoms with Gasteiger partial charge in [-0.15, -0.1) is 0 Å². The molecule has 8 heteroatoms. The molecule has 0 saturated carbocycles. The summed E-state index contributed by atoms with van der Waals surface area (Å²) in [6.45, 7) is 2.16. The molecule has 2 aliphatic heterocycles. The van der Waals surface area contributed by atoms with Gasteiger partial charge in [-0.2, -0.15) is 4.99 Å². The Labute approximate surface area is 172 Å². The molecular formula is C21H19N3O4S. The normalized spacial score (nSPS) is 17.7. The van der Waals surface area contributed by atoms with E-state index in [1.807, 2.05) is 30.3 Å². The van der Waals surface area contributed by atoms with E-state index >= 15 is 0 Å². The van der Waals surface area contributed by atoms with E-state index in [4.69, 9.17) is 4.74 Å². The first-order chi connectivity index (χ1) is 14.1. The highest BCUT2D eigenvalue weighted by molar-refractivity contribution is 8.18. The van der Waals surface area contributed by atoms with Crippen molar-refractivity contribution < 1.29 is 14.5 Å². The third kappa shape index (κ3) is 4.48. The van der Waals surface area contributed by atoms with Crippen LogP contribution in [0.2, 0.25) is 0 Å². The second-order valence-corrected chi connectivity index (χ2v) is 7.76. The number of thioether (sulfide) groups is 1. The molecule has 1 fully saturated rings. The van der Waals surface area contributed by atoms with Crippen molar-refractivity contribution in [3.63, 3.8) is 0 Å². The maximum Gasteiger partial charge on any atom is 0.286 e. The molecule has 2 aromatic rings. The van der Waals surface area contributed by atoms with E-state index in [0.29, 0.717) is 10.7 Å². The Balaban J connectivity index is 1.46. The second-order valence-electron chi connectivity index (χ2n) is 6.75. The summed E-state index contributed by atoms with van der Waals surface area (Å²) < 4.78 is 5.91. The summed E-state index contributed by atoms with van der Waals surface area (Å²) in [5.74, 6) is 0.420. The molecule has 0 bridgehead atoms. The third-order valence-corrected chi connectivity index (χ3v) is 5.78. The monoisotopic (exact) mass is 409 g/mol. The smallest absolute Gasteiger partial charge is 0.286 e. The lowest BCUT2D eigenvalue weighted by Gasteiger charge is -2.14. The number of para-hydroxylation sites is 1. The first-order valence-electron chi connectivity index (χ1n) is 9.33. The maximum atomic E-state index is 12.3. The summed E-state index contributed by atoms with van der Waals surface area (Å²) in [6.07, 6.45) is 4.07. The molecule has 0 aromatic heterocycles. The minimum absolute atomic E-state index is 0.0458. The Bertz CT molecular complexity index is 995. The van der Waals surface area contributed by atoms with E-state index in [2.05, 4.69) is 9.89 Å². The highest BCUT2D eigenvalue weighted by atomic mass is 32.2. The first-order valence-corrected chi connectivity index (χ1v) is 10.1. The van der Waals surface area contributed by atoms with Gasteiger partial charge >= 0.3 is 0 Å². The molecule has 2 heterocycles. The molecule has 7 nitrogen and oxygen atoms in total. The lowest BCUT2D eigenvalue weighted by atomic mass is 10.1. The molecule has 148 valence electrons. The highest BCUT2D eigenvalue weighted by Gasteiger charge is 2.27. The Morgan fingerprint density at radius 1 is 1.14 bits per heavy atom. The highest BCUT2D eigenvalue weighted by Crippen LogP contribution is 2.33. The van der Waals surface area contributed by atoms with E-state index in [1.165, 1.54) is 23.9 Å². The van der Waals surface area contributed by atoms with E-state index in [-0.39, 0.29) is 18.2 Å². The number of rotatable bonds is 5. The minimum atomic E-state index is -0.430. The van der Waals surface area contributed by atoms with Gasteiger partial charge in [0.05, 0.1) is 9.83 Å². The summed E-state index contributed by atoms with van der Waals surface area (Å²) in [5.41, 5.74) is 1.66. The van der Waals surface area contributed by atoms with Crippen molar-refractivity contribution in [2.45, 2.75) is 19.4 Å². The van der Waals surface area contributed by atoms with Gasteiger partial charge in [-0.1, -0.05) is 18.2 Å². The van der Waals surface area contributed by atoms with Gasteiger partial charge < -0.3 is 9.64 Å². The standard InChI is InChI=1S/C21H19N3O4S/c25-20-19(29-21(22-20)23-11-3-4-12-23)13-16-5-1-2-6-18(16)28-14-15-7-9-17(10-8-15)24(26)27/h1-2,5-10,13H,3-4,11-12,14H2/b19-13-. The number of nitrogens with zero attached hydrogens (tertiary/aromatic N) is 3. The molecule has 1 amide bonds. The van der Waals surface area contributed by atoms with Crippen molar-refractivity contribution in [3.8, 4) is 5.75 Å². The zero-order valence-corrected chi connectivity index (χ0v) is 16.4. The van der Waals surface area contributed by atoms with Gasteiger partial charge in [0, 0.05) is 30.8 Å². The van der Waals surface area contributed by atoms with Gasteiger partial charge in [-0.25, -0.2) is 0 Å². The van der Waals surface area contributed by atoms with Crippen LogP contribution in [0, 0.1) is 10.1 Å². The van der Waals surface area contributed by atoms with Crippen LogP contribution in [-0.4, -0.2) is 34.0 Å². The second kappa shape index (κ2) is 8.48.